The van der Waals surface area contributed by atoms with Crippen molar-refractivity contribution in [3.63, 3.8) is 0 Å². The highest BCUT2D eigenvalue weighted by atomic mass is 19.1. The van der Waals surface area contributed by atoms with Crippen molar-refractivity contribution in [1.29, 1.82) is 0 Å². The van der Waals surface area contributed by atoms with Gasteiger partial charge in [-0.2, -0.15) is 0 Å². The minimum absolute atomic E-state index is 0.286. The van der Waals surface area contributed by atoms with E-state index in [4.69, 9.17) is 5.73 Å². The SMILES string of the molecule is Nc1c(Nc2cccc(F)c2)ccc2ncccc12. The van der Waals surface area contributed by atoms with Crippen molar-refractivity contribution in [2.75, 3.05) is 11.1 Å². The van der Waals surface area contributed by atoms with Gasteiger partial charge in [0.25, 0.3) is 0 Å². The highest BCUT2D eigenvalue weighted by Crippen LogP contribution is 2.29. The average molecular weight is 253 g/mol. The Bertz CT molecular complexity index is 740. The molecule has 0 fully saturated rings. The summed E-state index contributed by atoms with van der Waals surface area (Å²) in [6.45, 7) is 0. The van der Waals surface area contributed by atoms with Crippen LogP contribution in [0, 0.1) is 5.82 Å². The second kappa shape index (κ2) is 4.57. The number of hydrogen-bond donors (Lipinski definition) is 2. The van der Waals surface area contributed by atoms with Crippen molar-refractivity contribution in [3.8, 4) is 0 Å². The van der Waals surface area contributed by atoms with Gasteiger partial charge in [0.15, 0.2) is 0 Å². The maximum Gasteiger partial charge on any atom is 0.125 e. The minimum Gasteiger partial charge on any atom is -0.396 e. The molecule has 0 amide bonds. The molecule has 3 N–H and O–H groups in total. The second-order valence-electron chi connectivity index (χ2n) is 4.23. The first-order valence-electron chi connectivity index (χ1n) is 5.90. The molecule has 94 valence electrons. The largest absolute Gasteiger partial charge is 0.396 e. The summed E-state index contributed by atoms with van der Waals surface area (Å²) < 4.78 is 13.1. The molecule has 0 unspecified atom stereocenters. The van der Waals surface area contributed by atoms with Crippen LogP contribution in [-0.2, 0) is 0 Å². The molecule has 1 aromatic heterocycles. The number of halogens is 1. The molecular weight excluding hydrogens is 241 g/mol. The molecule has 0 atom stereocenters. The van der Waals surface area contributed by atoms with Crippen LogP contribution >= 0.6 is 0 Å². The smallest absolute Gasteiger partial charge is 0.125 e. The topological polar surface area (TPSA) is 50.9 Å². The minimum atomic E-state index is -0.286. The molecule has 0 spiro atoms. The second-order valence-corrected chi connectivity index (χ2v) is 4.23. The monoisotopic (exact) mass is 253 g/mol. The first-order valence-corrected chi connectivity index (χ1v) is 5.90. The fourth-order valence-electron chi connectivity index (χ4n) is 2.01. The fourth-order valence-corrected chi connectivity index (χ4v) is 2.01. The third kappa shape index (κ3) is 2.20. The van der Waals surface area contributed by atoms with Gasteiger partial charge in [-0.15, -0.1) is 0 Å². The van der Waals surface area contributed by atoms with E-state index < -0.39 is 0 Å². The summed E-state index contributed by atoms with van der Waals surface area (Å²) in [5.74, 6) is -0.286. The van der Waals surface area contributed by atoms with Gasteiger partial charge in [-0.05, 0) is 42.5 Å². The summed E-state index contributed by atoms with van der Waals surface area (Å²) in [6, 6.07) is 13.7. The lowest BCUT2D eigenvalue weighted by Crippen LogP contribution is -1.98. The molecule has 0 saturated carbocycles. The van der Waals surface area contributed by atoms with Crippen LogP contribution in [0.3, 0.4) is 0 Å². The van der Waals surface area contributed by atoms with Crippen molar-refractivity contribution >= 4 is 28.0 Å². The molecule has 0 radical (unpaired) electrons. The van der Waals surface area contributed by atoms with Crippen molar-refractivity contribution < 1.29 is 4.39 Å². The van der Waals surface area contributed by atoms with E-state index in [1.807, 2.05) is 24.3 Å². The standard InChI is InChI=1S/C15H12FN3/c16-10-3-1-4-11(9-10)19-14-7-6-13-12(15(14)17)5-2-8-18-13/h1-9,19H,17H2. The Morgan fingerprint density at radius 3 is 2.79 bits per heavy atom. The van der Waals surface area contributed by atoms with E-state index in [1.165, 1.54) is 12.1 Å². The molecular formula is C15H12FN3. The van der Waals surface area contributed by atoms with E-state index in [2.05, 4.69) is 10.3 Å². The number of pyridine rings is 1. The molecule has 3 rings (SSSR count). The van der Waals surface area contributed by atoms with Gasteiger partial charge in [0.1, 0.15) is 5.82 Å². The Morgan fingerprint density at radius 2 is 1.95 bits per heavy atom. The van der Waals surface area contributed by atoms with Crippen LogP contribution in [0.15, 0.2) is 54.7 Å². The van der Waals surface area contributed by atoms with Crippen LogP contribution in [0.2, 0.25) is 0 Å². The van der Waals surface area contributed by atoms with Gasteiger partial charge in [-0.25, -0.2) is 4.39 Å². The van der Waals surface area contributed by atoms with E-state index in [0.717, 1.165) is 16.6 Å². The molecule has 19 heavy (non-hydrogen) atoms. The molecule has 4 heteroatoms. The number of fused-ring (bicyclic) bond motifs is 1. The Morgan fingerprint density at radius 1 is 1.05 bits per heavy atom. The number of rotatable bonds is 2. The van der Waals surface area contributed by atoms with Crippen molar-refractivity contribution in [2.24, 2.45) is 0 Å². The number of benzene rings is 2. The molecule has 0 aliphatic rings. The van der Waals surface area contributed by atoms with Crippen molar-refractivity contribution in [1.82, 2.24) is 4.98 Å². The zero-order chi connectivity index (χ0) is 13.2. The summed E-state index contributed by atoms with van der Waals surface area (Å²) in [5.41, 5.74) is 8.96. The van der Waals surface area contributed by atoms with Crippen molar-refractivity contribution in [3.05, 3.63) is 60.5 Å². The zero-order valence-electron chi connectivity index (χ0n) is 10.1. The summed E-state index contributed by atoms with van der Waals surface area (Å²) >= 11 is 0. The number of nitrogen functional groups attached to an aromatic ring is 1. The normalized spacial score (nSPS) is 10.6. The molecule has 1 heterocycles. The van der Waals surface area contributed by atoms with E-state index >= 15 is 0 Å². The highest BCUT2D eigenvalue weighted by molar-refractivity contribution is 5.97. The number of hydrogen-bond acceptors (Lipinski definition) is 3. The average Bonchev–Trinajstić information content (AvgIpc) is 2.42. The van der Waals surface area contributed by atoms with Gasteiger partial charge in [0, 0.05) is 17.3 Å². The van der Waals surface area contributed by atoms with Crippen LogP contribution in [0.5, 0.6) is 0 Å². The number of aromatic nitrogens is 1. The lowest BCUT2D eigenvalue weighted by molar-refractivity contribution is 0.628. The van der Waals surface area contributed by atoms with Gasteiger partial charge in [-0.3, -0.25) is 4.98 Å². The number of nitrogens with zero attached hydrogens (tertiary/aromatic N) is 1. The number of anilines is 3. The van der Waals surface area contributed by atoms with E-state index in [-0.39, 0.29) is 5.82 Å². The zero-order valence-corrected chi connectivity index (χ0v) is 10.1. The first-order chi connectivity index (χ1) is 9.24. The third-order valence-electron chi connectivity index (χ3n) is 2.93. The fraction of sp³-hybridized carbons (Fsp3) is 0. The van der Waals surface area contributed by atoms with Gasteiger partial charge >= 0.3 is 0 Å². The summed E-state index contributed by atoms with van der Waals surface area (Å²) in [5, 5.41) is 3.99. The Hall–Kier alpha value is -2.62. The Balaban J connectivity index is 2.04. The van der Waals surface area contributed by atoms with E-state index in [9.17, 15) is 4.39 Å². The van der Waals surface area contributed by atoms with Crippen LogP contribution in [0.25, 0.3) is 10.9 Å². The number of nitrogens with two attached hydrogens (primary N) is 1. The van der Waals surface area contributed by atoms with Crippen LogP contribution in [0.4, 0.5) is 21.5 Å². The van der Waals surface area contributed by atoms with E-state index in [1.54, 1.807) is 18.3 Å². The summed E-state index contributed by atoms with van der Waals surface area (Å²) in [6.07, 6.45) is 1.72. The molecule has 3 aromatic rings. The summed E-state index contributed by atoms with van der Waals surface area (Å²) in [7, 11) is 0. The lowest BCUT2D eigenvalue weighted by Gasteiger charge is -2.11. The number of nitrogens with one attached hydrogen (secondary N) is 1. The quantitative estimate of drug-likeness (QED) is 0.685. The summed E-state index contributed by atoms with van der Waals surface area (Å²) in [4.78, 5) is 4.24. The molecule has 0 aliphatic heterocycles. The third-order valence-corrected chi connectivity index (χ3v) is 2.93. The van der Waals surface area contributed by atoms with Gasteiger partial charge < -0.3 is 11.1 Å². The van der Waals surface area contributed by atoms with Gasteiger partial charge in [0.2, 0.25) is 0 Å². The van der Waals surface area contributed by atoms with Crippen LogP contribution < -0.4 is 11.1 Å². The molecule has 3 nitrogen and oxygen atoms in total. The predicted molar refractivity (Wildman–Crippen MR) is 75.8 cm³/mol. The van der Waals surface area contributed by atoms with Crippen molar-refractivity contribution in [2.45, 2.75) is 0 Å². The highest BCUT2D eigenvalue weighted by Gasteiger charge is 2.05. The maximum absolute atomic E-state index is 13.1. The molecule has 0 aliphatic carbocycles. The van der Waals surface area contributed by atoms with E-state index in [0.29, 0.717) is 11.4 Å². The van der Waals surface area contributed by atoms with Crippen LogP contribution in [0.1, 0.15) is 0 Å². The van der Waals surface area contributed by atoms with Gasteiger partial charge in [0.05, 0.1) is 16.9 Å². The van der Waals surface area contributed by atoms with Gasteiger partial charge in [-0.1, -0.05) is 6.07 Å². The molecule has 2 aromatic carbocycles. The first kappa shape index (κ1) is 11.5. The Labute approximate surface area is 109 Å². The molecule has 0 saturated heterocycles. The van der Waals surface area contributed by atoms with Crippen LogP contribution in [-0.4, -0.2) is 4.98 Å². The lowest BCUT2D eigenvalue weighted by atomic mass is 10.1. The molecule has 0 bridgehead atoms. The Kier molecular flexibility index (Phi) is 2.76. The predicted octanol–water partition coefficient (Wildman–Crippen LogP) is 3.70. The maximum atomic E-state index is 13.1.